The van der Waals surface area contributed by atoms with Gasteiger partial charge in [-0.3, -0.25) is 0 Å². The van der Waals surface area contributed by atoms with E-state index in [1.165, 1.54) is 0 Å². The predicted octanol–water partition coefficient (Wildman–Crippen LogP) is 4.95. The molecule has 0 N–H and O–H groups in total. The maximum absolute atomic E-state index is 12.4. The van der Waals surface area contributed by atoms with Crippen LogP contribution in [0, 0.1) is 0 Å². The molecule has 1 nitrogen and oxygen atoms in total. The van der Waals surface area contributed by atoms with E-state index in [1.807, 2.05) is 24.3 Å². The van der Waals surface area contributed by atoms with Crippen LogP contribution >= 0.6 is 0 Å². The Balaban J connectivity index is 2.63. The van der Waals surface area contributed by atoms with Crippen LogP contribution in [0.15, 0.2) is 36.4 Å². The summed E-state index contributed by atoms with van der Waals surface area (Å²) in [5.74, 6) is 0.578. The number of hydrogen-bond acceptors (Lipinski definition) is 1. The van der Waals surface area contributed by atoms with Crippen molar-refractivity contribution in [2.45, 2.75) is 32.8 Å². The molecule has 0 aliphatic rings. The summed E-state index contributed by atoms with van der Waals surface area (Å²) < 4.78 is 29.5. The van der Waals surface area contributed by atoms with E-state index in [1.54, 1.807) is 12.1 Å². The standard InChI is InChI=1S/C15H16F2O/c1-3-10(2)12-8-4-6-11-7-5-9-13(14(11)12)18-15(16)17/h4-10,15H,3H2,1-2H3. The van der Waals surface area contributed by atoms with Gasteiger partial charge in [0.1, 0.15) is 5.75 Å². The van der Waals surface area contributed by atoms with Gasteiger partial charge in [-0.2, -0.15) is 8.78 Å². The summed E-state index contributed by atoms with van der Waals surface area (Å²) in [4.78, 5) is 0. The van der Waals surface area contributed by atoms with Crippen molar-refractivity contribution >= 4 is 10.8 Å². The number of benzene rings is 2. The fraction of sp³-hybridized carbons (Fsp3) is 0.333. The fourth-order valence-electron chi connectivity index (χ4n) is 2.16. The third-order valence-corrected chi connectivity index (χ3v) is 3.26. The van der Waals surface area contributed by atoms with E-state index >= 15 is 0 Å². The first kappa shape index (κ1) is 12.8. The topological polar surface area (TPSA) is 9.23 Å². The van der Waals surface area contributed by atoms with E-state index in [-0.39, 0.29) is 5.75 Å². The van der Waals surface area contributed by atoms with Crippen molar-refractivity contribution in [3.8, 4) is 5.75 Å². The van der Waals surface area contributed by atoms with Crippen LogP contribution in [-0.4, -0.2) is 6.61 Å². The Hall–Kier alpha value is -1.64. The number of alkyl halides is 2. The number of halogens is 2. The molecule has 0 radical (unpaired) electrons. The zero-order valence-corrected chi connectivity index (χ0v) is 10.5. The van der Waals surface area contributed by atoms with Gasteiger partial charge in [0.25, 0.3) is 0 Å². The van der Waals surface area contributed by atoms with Crippen molar-refractivity contribution in [2.75, 3.05) is 0 Å². The smallest absolute Gasteiger partial charge is 0.387 e. The van der Waals surface area contributed by atoms with Gasteiger partial charge < -0.3 is 4.74 Å². The highest BCUT2D eigenvalue weighted by atomic mass is 19.3. The van der Waals surface area contributed by atoms with Gasteiger partial charge >= 0.3 is 6.61 Å². The molecule has 2 aromatic carbocycles. The number of ether oxygens (including phenoxy) is 1. The lowest BCUT2D eigenvalue weighted by Gasteiger charge is -2.16. The molecule has 0 heterocycles. The third kappa shape index (κ3) is 2.45. The number of rotatable bonds is 4. The van der Waals surface area contributed by atoms with Crippen molar-refractivity contribution < 1.29 is 13.5 Å². The average Bonchev–Trinajstić information content (AvgIpc) is 2.37. The van der Waals surface area contributed by atoms with Crippen LogP contribution in [0.5, 0.6) is 5.75 Å². The van der Waals surface area contributed by atoms with E-state index in [2.05, 4.69) is 18.6 Å². The lowest BCUT2D eigenvalue weighted by atomic mass is 9.92. The molecule has 3 heteroatoms. The van der Waals surface area contributed by atoms with E-state index in [9.17, 15) is 8.78 Å². The van der Waals surface area contributed by atoms with Crippen molar-refractivity contribution in [2.24, 2.45) is 0 Å². The van der Waals surface area contributed by atoms with Crippen LogP contribution in [-0.2, 0) is 0 Å². The molecule has 0 saturated heterocycles. The van der Waals surface area contributed by atoms with Gasteiger partial charge in [0, 0.05) is 5.39 Å². The summed E-state index contributed by atoms with van der Waals surface area (Å²) in [5, 5.41) is 1.74. The Labute approximate surface area is 105 Å². The highest BCUT2D eigenvalue weighted by molar-refractivity contribution is 5.91. The molecule has 2 rings (SSSR count). The second-order valence-electron chi connectivity index (χ2n) is 4.39. The summed E-state index contributed by atoms with van der Waals surface area (Å²) in [7, 11) is 0. The average molecular weight is 250 g/mol. The molecule has 1 unspecified atom stereocenters. The third-order valence-electron chi connectivity index (χ3n) is 3.26. The van der Waals surface area contributed by atoms with Gasteiger partial charge in [0.2, 0.25) is 0 Å². The molecule has 96 valence electrons. The molecule has 2 aromatic rings. The second-order valence-corrected chi connectivity index (χ2v) is 4.39. The summed E-state index contributed by atoms with van der Waals surface area (Å²) in [6.07, 6.45) is 0.960. The highest BCUT2D eigenvalue weighted by Crippen LogP contribution is 2.34. The summed E-state index contributed by atoms with van der Waals surface area (Å²) in [6, 6.07) is 11.1. The quantitative estimate of drug-likeness (QED) is 0.745. The first-order chi connectivity index (χ1) is 8.63. The molecule has 0 fully saturated rings. The maximum atomic E-state index is 12.4. The van der Waals surface area contributed by atoms with E-state index < -0.39 is 6.61 Å². The van der Waals surface area contributed by atoms with E-state index in [0.717, 1.165) is 22.8 Å². The minimum Gasteiger partial charge on any atom is -0.434 e. The lowest BCUT2D eigenvalue weighted by Crippen LogP contribution is -2.03. The molecule has 1 atom stereocenters. The van der Waals surface area contributed by atoms with Crippen molar-refractivity contribution in [3.05, 3.63) is 42.0 Å². The van der Waals surface area contributed by atoms with Gasteiger partial charge in [-0.1, -0.05) is 44.2 Å². The molecule has 0 saturated carbocycles. The van der Waals surface area contributed by atoms with Crippen LogP contribution < -0.4 is 4.74 Å². The highest BCUT2D eigenvalue weighted by Gasteiger charge is 2.14. The molecule has 18 heavy (non-hydrogen) atoms. The Morgan fingerprint density at radius 3 is 2.39 bits per heavy atom. The van der Waals surface area contributed by atoms with Crippen LogP contribution in [0.3, 0.4) is 0 Å². The summed E-state index contributed by atoms with van der Waals surface area (Å²) in [5.41, 5.74) is 1.06. The van der Waals surface area contributed by atoms with Crippen LogP contribution in [0.2, 0.25) is 0 Å². The van der Waals surface area contributed by atoms with Crippen molar-refractivity contribution in [1.29, 1.82) is 0 Å². The zero-order chi connectivity index (χ0) is 13.1. The van der Waals surface area contributed by atoms with Gasteiger partial charge in [-0.25, -0.2) is 0 Å². The lowest BCUT2D eigenvalue weighted by molar-refractivity contribution is -0.0488. The molecular weight excluding hydrogens is 234 g/mol. The summed E-state index contributed by atoms with van der Waals surface area (Å²) in [6.45, 7) is 1.38. The molecule has 0 aliphatic carbocycles. The summed E-state index contributed by atoms with van der Waals surface area (Å²) >= 11 is 0. The molecular formula is C15H16F2O. The minimum atomic E-state index is -2.79. The Morgan fingerprint density at radius 2 is 1.78 bits per heavy atom. The second kappa shape index (κ2) is 5.34. The molecule has 0 aliphatic heterocycles. The predicted molar refractivity (Wildman–Crippen MR) is 69.3 cm³/mol. The Kier molecular flexibility index (Phi) is 3.80. The molecule has 0 bridgehead atoms. The van der Waals surface area contributed by atoms with Crippen LogP contribution in [0.25, 0.3) is 10.8 Å². The van der Waals surface area contributed by atoms with Gasteiger partial charge in [-0.15, -0.1) is 0 Å². The molecule has 0 amide bonds. The van der Waals surface area contributed by atoms with Gasteiger partial charge in [-0.05, 0) is 29.4 Å². The largest absolute Gasteiger partial charge is 0.434 e. The van der Waals surface area contributed by atoms with E-state index in [0.29, 0.717) is 5.92 Å². The van der Waals surface area contributed by atoms with Gasteiger partial charge in [0.15, 0.2) is 0 Å². The first-order valence-electron chi connectivity index (χ1n) is 6.10. The Morgan fingerprint density at radius 1 is 1.11 bits per heavy atom. The fourth-order valence-corrected chi connectivity index (χ4v) is 2.16. The zero-order valence-electron chi connectivity index (χ0n) is 10.5. The normalized spacial score (nSPS) is 12.9. The van der Waals surface area contributed by atoms with Crippen LogP contribution in [0.4, 0.5) is 8.78 Å². The van der Waals surface area contributed by atoms with Crippen molar-refractivity contribution in [1.82, 2.24) is 0 Å². The van der Waals surface area contributed by atoms with Gasteiger partial charge in [0.05, 0.1) is 0 Å². The number of fused-ring (bicyclic) bond motifs is 1. The SMILES string of the molecule is CCC(C)c1cccc2cccc(OC(F)F)c12. The van der Waals surface area contributed by atoms with E-state index in [4.69, 9.17) is 0 Å². The van der Waals surface area contributed by atoms with Crippen molar-refractivity contribution in [3.63, 3.8) is 0 Å². The first-order valence-corrected chi connectivity index (χ1v) is 6.10. The molecule has 0 spiro atoms. The monoisotopic (exact) mass is 250 g/mol. The van der Waals surface area contributed by atoms with Crippen LogP contribution in [0.1, 0.15) is 31.7 Å². The molecule has 0 aromatic heterocycles. The minimum absolute atomic E-state index is 0.262. The Bertz CT molecular complexity index is 532. The number of hydrogen-bond donors (Lipinski definition) is 0. The maximum Gasteiger partial charge on any atom is 0.387 e.